The van der Waals surface area contributed by atoms with E-state index in [1.54, 1.807) is 35.6 Å². The van der Waals surface area contributed by atoms with Gasteiger partial charge in [0.2, 0.25) is 5.91 Å². The molecule has 3 N–H and O–H groups in total. The molecule has 0 radical (unpaired) electrons. The van der Waals surface area contributed by atoms with E-state index in [1.807, 2.05) is 11.4 Å². The van der Waals surface area contributed by atoms with Crippen LogP contribution >= 0.6 is 11.3 Å². The molecule has 1 aliphatic carbocycles. The summed E-state index contributed by atoms with van der Waals surface area (Å²) in [6.45, 7) is 6.68. The zero-order chi connectivity index (χ0) is 19.4. The summed E-state index contributed by atoms with van der Waals surface area (Å²) in [5.41, 5.74) is 1.19. The molecule has 1 saturated carbocycles. The second-order valence-electron chi connectivity index (χ2n) is 8.07. The Morgan fingerprint density at radius 1 is 1.19 bits per heavy atom. The van der Waals surface area contributed by atoms with Crippen LogP contribution in [0.3, 0.4) is 0 Å². The van der Waals surface area contributed by atoms with Crippen molar-refractivity contribution in [2.75, 3.05) is 11.9 Å². The van der Waals surface area contributed by atoms with Crippen molar-refractivity contribution in [3.8, 4) is 0 Å². The lowest BCUT2D eigenvalue weighted by atomic mass is 9.86. The van der Waals surface area contributed by atoms with Gasteiger partial charge < -0.3 is 16.0 Å². The Labute approximate surface area is 164 Å². The summed E-state index contributed by atoms with van der Waals surface area (Å²) in [5, 5.41) is 11.3. The zero-order valence-electron chi connectivity index (χ0n) is 16.0. The van der Waals surface area contributed by atoms with E-state index in [9.17, 15) is 9.59 Å². The van der Waals surface area contributed by atoms with Gasteiger partial charge in [0.15, 0.2) is 0 Å². The molecule has 1 aromatic carbocycles. The Hall–Kier alpha value is -2.18. The number of benzene rings is 1. The van der Waals surface area contributed by atoms with Crippen LogP contribution in [0.25, 0.3) is 0 Å². The average molecular weight is 386 g/mol. The summed E-state index contributed by atoms with van der Waals surface area (Å²) in [6, 6.07) is 11.6. The second-order valence-corrected chi connectivity index (χ2v) is 9.05. The van der Waals surface area contributed by atoms with E-state index in [2.05, 4.69) is 42.8 Å². The molecule has 2 amide bonds. The summed E-state index contributed by atoms with van der Waals surface area (Å²) >= 11 is 1.69. The third-order valence-electron chi connectivity index (χ3n) is 4.48. The lowest BCUT2D eigenvalue weighted by Gasteiger charge is -2.30. The summed E-state index contributed by atoms with van der Waals surface area (Å²) in [6.07, 6.45) is 2.10. The number of anilines is 1. The van der Waals surface area contributed by atoms with Crippen LogP contribution in [-0.4, -0.2) is 24.4 Å². The molecule has 1 aromatic heterocycles. The third-order valence-corrected chi connectivity index (χ3v) is 5.42. The minimum absolute atomic E-state index is 0.00799. The minimum Gasteiger partial charge on any atom is -0.349 e. The normalized spacial score (nSPS) is 15.2. The van der Waals surface area contributed by atoms with Gasteiger partial charge in [0.05, 0.1) is 6.54 Å². The maximum Gasteiger partial charge on any atom is 0.251 e. The molecule has 3 rings (SSSR count). The topological polar surface area (TPSA) is 70.2 Å². The highest BCUT2D eigenvalue weighted by Gasteiger charge is 2.27. The first-order chi connectivity index (χ1) is 12.8. The first kappa shape index (κ1) is 19.6. The van der Waals surface area contributed by atoms with E-state index in [1.165, 1.54) is 4.88 Å². The predicted molar refractivity (Wildman–Crippen MR) is 110 cm³/mol. The summed E-state index contributed by atoms with van der Waals surface area (Å²) < 4.78 is 0. The van der Waals surface area contributed by atoms with Gasteiger partial charge in [0.1, 0.15) is 0 Å². The molecule has 1 fully saturated rings. The molecular weight excluding hydrogens is 358 g/mol. The number of nitrogens with one attached hydrogen (secondary N) is 3. The molecule has 0 bridgehead atoms. The van der Waals surface area contributed by atoms with Crippen molar-refractivity contribution in [2.45, 2.75) is 45.7 Å². The molecule has 5 nitrogen and oxygen atoms in total. The van der Waals surface area contributed by atoms with Crippen LogP contribution in [0.2, 0.25) is 0 Å². The van der Waals surface area contributed by atoms with Crippen molar-refractivity contribution in [3.05, 3.63) is 52.2 Å². The minimum atomic E-state index is -0.124. The molecule has 27 heavy (non-hydrogen) atoms. The van der Waals surface area contributed by atoms with Crippen LogP contribution in [0.5, 0.6) is 0 Å². The van der Waals surface area contributed by atoms with E-state index in [-0.39, 0.29) is 29.8 Å². The lowest BCUT2D eigenvalue weighted by molar-refractivity contribution is -0.115. The van der Waals surface area contributed by atoms with Crippen LogP contribution in [0, 0.1) is 5.41 Å². The van der Waals surface area contributed by atoms with Crippen LogP contribution in [0.4, 0.5) is 5.69 Å². The highest BCUT2D eigenvalue weighted by atomic mass is 32.1. The van der Waals surface area contributed by atoms with Crippen molar-refractivity contribution in [3.63, 3.8) is 0 Å². The van der Waals surface area contributed by atoms with Gasteiger partial charge in [-0.2, -0.15) is 0 Å². The van der Waals surface area contributed by atoms with Gasteiger partial charge in [-0.25, -0.2) is 0 Å². The van der Waals surface area contributed by atoms with E-state index >= 15 is 0 Å². The standard InChI is InChI=1S/C21H27N3O2S/c1-21(2,3)19(17-8-5-11-27-17)22-13-18(25)23-16-7-4-6-14(12-16)20(26)24-15-9-10-15/h4-8,11-12,15,19,22H,9-10,13H2,1-3H3,(H,23,25)(H,24,26). The van der Waals surface area contributed by atoms with Crippen molar-refractivity contribution >= 4 is 28.8 Å². The molecule has 1 aliphatic rings. The number of carbonyl (C=O) groups is 2. The summed E-state index contributed by atoms with van der Waals surface area (Å²) in [4.78, 5) is 25.8. The summed E-state index contributed by atoms with van der Waals surface area (Å²) in [5.74, 6) is -0.210. The quantitative estimate of drug-likeness (QED) is 0.676. The average Bonchev–Trinajstić information content (AvgIpc) is 3.25. The van der Waals surface area contributed by atoms with Gasteiger partial charge in [-0.3, -0.25) is 9.59 Å². The largest absolute Gasteiger partial charge is 0.349 e. The van der Waals surface area contributed by atoms with Gasteiger partial charge in [-0.05, 0) is 47.9 Å². The van der Waals surface area contributed by atoms with E-state index in [0.717, 1.165) is 12.8 Å². The van der Waals surface area contributed by atoms with Gasteiger partial charge in [-0.1, -0.05) is 32.9 Å². The fourth-order valence-corrected chi connectivity index (χ4v) is 3.97. The third kappa shape index (κ3) is 5.65. The molecule has 0 spiro atoms. The molecule has 2 aromatic rings. The van der Waals surface area contributed by atoms with Crippen LogP contribution in [0.15, 0.2) is 41.8 Å². The number of amides is 2. The van der Waals surface area contributed by atoms with Gasteiger partial charge in [-0.15, -0.1) is 11.3 Å². The van der Waals surface area contributed by atoms with Crippen molar-refractivity contribution in [1.29, 1.82) is 0 Å². The molecule has 1 unspecified atom stereocenters. The molecule has 0 saturated heterocycles. The SMILES string of the molecule is CC(C)(C)C(NCC(=O)Nc1cccc(C(=O)NC2CC2)c1)c1cccs1. The van der Waals surface area contributed by atoms with Crippen molar-refractivity contribution in [1.82, 2.24) is 10.6 Å². The highest BCUT2D eigenvalue weighted by Crippen LogP contribution is 2.34. The molecular formula is C21H27N3O2S. The number of hydrogen-bond donors (Lipinski definition) is 3. The lowest BCUT2D eigenvalue weighted by Crippen LogP contribution is -2.37. The predicted octanol–water partition coefficient (Wildman–Crippen LogP) is 3.96. The Bertz CT molecular complexity index is 792. The first-order valence-electron chi connectivity index (χ1n) is 9.30. The molecule has 1 atom stereocenters. The van der Waals surface area contributed by atoms with Crippen LogP contribution in [0.1, 0.15) is 54.9 Å². The van der Waals surface area contributed by atoms with Gasteiger partial charge >= 0.3 is 0 Å². The smallest absolute Gasteiger partial charge is 0.251 e. The van der Waals surface area contributed by atoms with Crippen LogP contribution in [-0.2, 0) is 4.79 Å². The second kappa shape index (κ2) is 8.23. The molecule has 144 valence electrons. The zero-order valence-corrected chi connectivity index (χ0v) is 16.9. The van der Waals surface area contributed by atoms with Gasteiger partial charge in [0, 0.05) is 28.2 Å². The fourth-order valence-electron chi connectivity index (χ4n) is 2.92. The Kier molecular flexibility index (Phi) is 5.97. The Balaban J connectivity index is 1.57. The summed E-state index contributed by atoms with van der Waals surface area (Å²) in [7, 11) is 0. The van der Waals surface area contributed by atoms with Crippen LogP contribution < -0.4 is 16.0 Å². The fraction of sp³-hybridized carbons (Fsp3) is 0.429. The number of rotatable bonds is 7. The van der Waals surface area contributed by atoms with E-state index < -0.39 is 0 Å². The van der Waals surface area contributed by atoms with E-state index in [4.69, 9.17) is 0 Å². The molecule has 1 heterocycles. The molecule has 6 heteroatoms. The Morgan fingerprint density at radius 3 is 2.59 bits per heavy atom. The number of hydrogen-bond acceptors (Lipinski definition) is 4. The van der Waals surface area contributed by atoms with Crippen molar-refractivity contribution in [2.24, 2.45) is 5.41 Å². The highest BCUT2D eigenvalue weighted by molar-refractivity contribution is 7.10. The maximum absolute atomic E-state index is 12.4. The number of carbonyl (C=O) groups excluding carboxylic acids is 2. The van der Waals surface area contributed by atoms with Crippen molar-refractivity contribution < 1.29 is 9.59 Å². The number of thiophene rings is 1. The first-order valence-corrected chi connectivity index (χ1v) is 10.2. The van der Waals surface area contributed by atoms with Gasteiger partial charge in [0.25, 0.3) is 5.91 Å². The monoisotopic (exact) mass is 385 g/mol. The molecule has 0 aliphatic heterocycles. The Morgan fingerprint density at radius 2 is 1.96 bits per heavy atom. The van der Waals surface area contributed by atoms with E-state index in [0.29, 0.717) is 17.3 Å². The maximum atomic E-state index is 12.4.